The molecule has 0 amide bonds. The fourth-order valence-corrected chi connectivity index (χ4v) is 2.16. The third kappa shape index (κ3) is 1.93. The predicted molar refractivity (Wildman–Crippen MR) is 36.9 cm³/mol. The van der Waals surface area contributed by atoms with Crippen molar-refractivity contribution in [1.82, 2.24) is 0 Å². The van der Waals surface area contributed by atoms with Crippen molar-refractivity contribution in [2.24, 2.45) is 10.6 Å². The van der Waals surface area contributed by atoms with Crippen LogP contribution < -0.4 is 5.14 Å². The van der Waals surface area contributed by atoms with Gasteiger partial charge in [0.1, 0.15) is 0 Å². The Morgan fingerprint density at radius 2 is 2.10 bits per heavy atom. The SMILES string of the molecule is CC1(CS(N)(=O)=O)COC1. The highest BCUT2D eigenvalue weighted by molar-refractivity contribution is 7.89. The molecular formula is C5H11NO3S. The van der Waals surface area contributed by atoms with E-state index in [0.29, 0.717) is 13.2 Å². The first-order valence-corrected chi connectivity index (χ1v) is 4.71. The van der Waals surface area contributed by atoms with E-state index in [1.54, 1.807) is 0 Å². The zero-order chi connectivity index (χ0) is 7.83. The standard InChI is InChI=1S/C5H11NO3S/c1-5(2-9-3-5)4-10(6,7)8/h2-4H2,1H3,(H2,6,7,8). The molecular weight excluding hydrogens is 154 g/mol. The van der Waals surface area contributed by atoms with Gasteiger partial charge in [-0.2, -0.15) is 0 Å². The quantitative estimate of drug-likeness (QED) is 0.589. The van der Waals surface area contributed by atoms with Crippen LogP contribution in [-0.2, 0) is 14.8 Å². The van der Waals surface area contributed by atoms with Gasteiger partial charge in [-0.15, -0.1) is 0 Å². The maximum absolute atomic E-state index is 10.6. The molecule has 1 saturated heterocycles. The Morgan fingerprint density at radius 3 is 2.20 bits per heavy atom. The molecule has 1 fully saturated rings. The summed E-state index contributed by atoms with van der Waals surface area (Å²) < 4.78 is 26.0. The predicted octanol–water partition coefficient (Wildman–Crippen LogP) is -0.689. The lowest BCUT2D eigenvalue weighted by atomic mass is 9.92. The van der Waals surface area contributed by atoms with Gasteiger partial charge >= 0.3 is 0 Å². The Labute approximate surface area is 60.4 Å². The molecule has 1 rings (SSSR count). The zero-order valence-electron chi connectivity index (χ0n) is 5.83. The van der Waals surface area contributed by atoms with Crippen LogP contribution in [-0.4, -0.2) is 27.4 Å². The second kappa shape index (κ2) is 2.18. The zero-order valence-corrected chi connectivity index (χ0v) is 6.65. The minimum absolute atomic E-state index is 0.0278. The summed E-state index contributed by atoms with van der Waals surface area (Å²) in [5.41, 5.74) is -0.229. The average molecular weight is 165 g/mol. The molecule has 0 atom stereocenters. The van der Waals surface area contributed by atoms with Crippen molar-refractivity contribution in [3.8, 4) is 0 Å². The second-order valence-corrected chi connectivity index (χ2v) is 4.73. The van der Waals surface area contributed by atoms with Gasteiger partial charge in [0, 0.05) is 5.41 Å². The van der Waals surface area contributed by atoms with E-state index in [4.69, 9.17) is 9.88 Å². The lowest BCUT2D eigenvalue weighted by molar-refractivity contribution is -0.0870. The first kappa shape index (κ1) is 7.97. The molecule has 1 aliphatic rings. The number of ether oxygens (including phenoxy) is 1. The fourth-order valence-electron chi connectivity index (χ4n) is 1.02. The molecule has 0 aliphatic carbocycles. The molecule has 0 aromatic heterocycles. The summed E-state index contributed by atoms with van der Waals surface area (Å²) in [5, 5.41) is 4.85. The van der Waals surface area contributed by atoms with Crippen molar-refractivity contribution in [2.45, 2.75) is 6.92 Å². The maximum Gasteiger partial charge on any atom is 0.209 e. The van der Waals surface area contributed by atoms with Crippen molar-refractivity contribution in [3.63, 3.8) is 0 Å². The Bertz CT molecular complexity index is 217. The van der Waals surface area contributed by atoms with Crippen LogP contribution in [0.3, 0.4) is 0 Å². The van der Waals surface area contributed by atoms with E-state index in [9.17, 15) is 8.42 Å². The monoisotopic (exact) mass is 165 g/mol. The summed E-state index contributed by atoms with van der Waals surface area (Å²) in [6, 6.07) is 0. The van der Waals surface area contributed by atoms with Gasteiger partial charge in [0.2, 0.25) is 10.0 Å². The molecule has 4 nitrogen and oxygen atoms in total. The summed E-state index contributed by atoms with van der Waals surface area (Å²) in [6.07, 6.45) is 0. The number of rotatable bonds is 2. The number of sulfonamides is 1. The maximum atomic E-state index is 10.6. The molecule has 2 N–H and O–H groups in total. The summed E-state index contributed by atoms with van der Waals surface area (Å²) in [7, 11) is -3.32. The van der Waals surface area contributed by atoms with Gasteiger partial charge in [0.25, 0.3) is 0 Å². The molecule has 0 bridgehead atoms. The van der Waals surface area contributed by atoms with E-state index in [1.165, 1.54) is 0 Å². The van der Waals surface area contributed by atoms with Crippen LogP contribution in [0.15, 0.2) is 0 Å². The van der Waals surface area contributed by atoms with Gasteiger partial charge in [-0.05, 0) is 0 Å². The number of hydrogen-bond acceptors (Lipinski definition) is 3. The minimum Gasteiger partial charge on any atom is -0.380 e. The van der Waals surface area contributed by atoms with Gasteiger partial charge in [0.15, 0.2) is 0 Å². The third-order valence-corrected chi connectivity index (χ3v) is 2.55. The molecule has 0 saturated carbocycles. The third-order valence-electron chi connectivity index (χ3n) is 1.45. The van der Waals surface area contributed by atoms with Crippen molar-refractivity contribution in [1.29, 1.82) is 0 Å². The topological polar surface area (TPSA) is 69.4 Å². The number of nitrogens with two attached hydrogens (primary N) is 1. The van der Waals surface area contributed by atoms with Gasteiger partial charge in [-0.1, -0.05) is 6.92 Å². The first-order chi connectivity index (χ1) is 4.41. The van der Waals surface area contributed by atoms with Crippen LogP contribution in [0.4, 0.5) is 0 Å². The Hall–Kier alpha value is -0.130. The van der Waals surface area contributed by atoms with Gasteiger partial charge in [0.05, 0.1) is 19.0 Å². The normalized spacial score (nSPS) is 23.8. The Morgan fingerprint density at radius 1 is 1.60 bits per heavy atom. The van der Waals surface area contributed by atoms with E-state index >= 15 is 0 Å². The molecule has 60 valence electrons. The Balaban J connectivity index is 2.53. The Kier molecular flexibility index (Phi) is 1.74. The number of hydrogen-bond donors (Lipinski definition) is 1. The van der Waals surface area contributed by atoms with Crippen LogP contribution >= 0.6 is 0 Å². The molecule has 0 spiro atoms. The smallest absolute Gasteiger partial charge is 0.209 e. The molecule has 0 aromatic rings. The van der Waals surface area contributed by atoms with Crippen molar-refractivity contribution in [3.05, 3.63) is 0 Å². The average Bonchev–Trinajstić information content (AvgIpc) is 1.57. The molecule has 10 heavy (non-hydrogen) atoms. The highest BCUT2D eigenvalue weighted by Crippen LogP contribution is 2.27. The molecule has 1 heterocycles. The van der Waals surface area contributed by atoms with Gasteiger partial charge < -0.3 is 4.74 Å². The van der Waals surface area contributed by atoms with Gasteiger partial charge in [-0.3, -0.25) is 0 Å². The van der Waals surface area contributed by atoms with Crippen LogP contribution in [0.1, 0.15) is 6.92 Å². The molecule has 0 aromatic carbocycles. The van der Waals surface area contributed by atoms with Crippen LogP contribution in [0.25, 0.3) is 0 Å². The molecule has 1 aliphatic heterocycles. The van der Waals surface area contributed by atoms with Crippen molar-refractivity contribution < 1.29 is 13.2 Å². The van der Waals surface area contributed by atoms with E-state index < -0.39 is 10.0 Å². The lowest BCUT2D eigenvalue weighted by Crippen LogP contribution is -2.46. The summed E-state index contributed by atoms with van der Waals surface area (Å²) in [6.45, 7) is 2.85. The van der Waals surface area contributed by atoms with E-state index in [-0.39, 0.29) is 11.2 Å². The van der Waals surface area contributed by atoms with Gasteiger partial charge in [-0.25, -0.2) is 13.6 Å². The van der Waals surface area contributed by atoms with Crippen LogP contribution in [0.5, 0.6) is 0 Å². The van der Waals surface area contributed by atoms with E-state index in [1.807, 2.05) is 6.92 Å². The summed E-state index contributed by atoms with van der Waals surface area (Å²) in [5.74, 6) is 0.0278. The molecule has 0 radical (unpaired) electrons. The summed E-state index contributed by atoms with van der Waals surface area (Å²) in [4.78, 5) is 0. The van der Waals surface area contributed by atoms with E-state index in [0.717, 1.165) is 0 Å². The largest absolute Gasteiger partial charge is 0.380 e. The van der Waals surface area contributed by atoms with Crippen LogP contribution in [0.2, 0.25) is 0 Å². The van der Waals surface area contributed by atoms with E-state index in [2.05, 4.69) is 0 Å². The molecule has 5 heteroatoms. The fraction of sp³-hybridized carbons (Fsp3) is 1.00. The highest BCUT2D eigenvalue weighted by Gasteiger charge is 2.36. The number of primary sulfonamides is 1. The lowest BCUT2D eigenvalue weighted by Gasteiger charge is -2.36. The highest BCUT2D eigenvalue weighted by atomic mass is 32.2. The second-order valence-electron chi connectivity index (χ2n) is 3.11. The molecule has 0 unspecified atom stereocenters. The first-order valence-electron chi connectivity index (χ1n) is 3.00. The van der Waals surface area contributed by atoms with Crippen molar-refractivity contribution >= 4 is 10.0 Å². The summed E-state index contributed by atoms with van der Waals surface area (Å²) >= 11 is 0. The van der Waals surface area contributed by atoms with Crippen molar-refractivity contribution in [2.75, 3.05) is 19.0 Å². The van der Waals surface area contributed by atoms with Crippen LogP contribution in [0, 0.1) is 5.41 Å². The minimum atomic E-state index is -3.32.